The number of aromatic nitrogens is 8. The Kier molecular flexibility index (Phi) is 21.0. The van der Waals surface area contributed by atoms with Gasteiger partial charge in [-0.1, -0.05) is 83.9 Å². The van der Waals surface area contributed by atoms with Crippen LogP contribution in [0.25, 0.3) is 44.1 Å². The molecule has 0 saturated carbocycles. The van der Waals surface area contributed by atoms with E-state index in [1.807, 2.05) is 11.9 Å². The third-order valence-electron chi connectivity index (χ3n) is 15.4. The van der Waals surface area contributed by atoms with Crippen molar-refractivity contribution >= 4 is 132 Å². The summed E-state index contributed by atoms with van der Waals surface area (Å²) in [7, 11) is 0.737. The number of hydrogen-bond acceptors (Lipinski definition) is 17. The highest BCUT2D eigenvalue weighted by Gasteiger charge is 2.44. The molecule has 0 unspecified atom stereocenters. The summed E-state index contributed by atoms with van der Waals surface area (Å²) in [6.45, 7) is 2.26. The van der Waals surface area contributed by atoms with Gasteiger partial charge in [0.1, 0.15) is 42.4 Å². The summed E-state index contributed by atoms with van der Waals surface area (Å²) < 4.78 is 112. The minimum atomic E-state index is -4.39. The van der Waals surface area contributed by atoms with Crippen molar-refractivity contribution in [2.45, 2.75) is 62.9 Å². The van der Waals surface area contributed by atoms with E-state index in [2.05, 4.69) is 46.1 Å². The van der Waals surface area contributed by atoms with Crippen molar-refractivity contribution in [1.29, 1.82) is 0 Å². The lowest BCUT2D eigenvalue weighted by atomic mass is 10.0. The molecule has 0 spiro atoms. The van der Waals surface area contributed by atoms with Gasteiger partial charge in [-0.05, 0) is 60.7 Å². The van der Waals surface area contributed by atoms with E-state index in [-0.39, 0.29) is 47.1 Å². The Morgan fingerprint density at radius 3 is 1.45 bits per heavy atom. The molecule has 2 saturated heterocycles. The van der Waals surface area contributed by atoms with Gasteiger partial charge in [0, 0.05) is 119 Å². The van der Waals surface area contributed by atoms with Gasteiger partial charge in [-0.3, -0.25) is 19.2 Å². The van der Waals surface area contributed by atoms with Crippen LogP contribution >= 0.6 is 33.9 Å². The quantitative estimate of drug-likeness (QED) is 0.0434. The van der Waals surface area contributed by atoms with E-state index < -0.39 is 97.5 Å². The highest BCUT2D eigenvalue weighted by Crippen LogP contribution is 2.37. The van der Waals surface area contributed by atoms with Crippen LogP contribution in [0.2, 0.25) is 10.0 Å². The summed E-state index contributed by atoms with van der Waals surface area (Å²) in [5, 5.41) is 17.8. The molecule has 0 bridgehead atoms. The normalized spacial score (nSPS) is 16.3. The lowest BCUT2D eigenvalue weighted by molar-refractivity contribution is -0.119. The van der Waals surface area contributed by atoms with Crippen molar-refractivity contribution in [3.05, 3.63) is 192 Å². The summed E-state index contributed by atoms with van der Waals surface area (Å²) in [5.74, 6) is -4.62. The highest BCUT2D eigenvalue weighted by atomic mass is 35.7. The molecule has 4 aromatic heterocycles. The summed E-state index contributed by atoms with van der Waals surface area (Å²) >= 11 is 12.3. The van der Waals surface area contributed by atoms with Crippen LogP contribution in [-0.2, 0) is 40.4 Å². The molecular weight excluding hydrogens is 1340 g/mol. The Morgan fingerprint density at radius 1 is 0.579 bits per heavy atom. The van der Waals surface area contributed by atoms with Crippen LogP contribution in [0.15, 0.2) is 159 Å². The third kappa shape index (κ3) is 15.8. The summed E-state index contributed by atoms with van der Waals surface area (Å²) in [6.07, 6.45) is 6.37. The molecule has 0 aliphatic carbocycles. The molecule has 492 valence electrons. The number of nitrogens with one attached hydrogen (secondary N) is 3. The Balaban J connectivity index is 0.000000172. The zero-order valence-corrected chi connectivity index (χ0v) is 54.6. The maximum absolute atomic E-state index is 15.5. The number of benzene rings is 6. The Bertz CT molecular complexity index is 4790. The molecule has 2 aliphatic heterocycles. The molecule has 2 fully saturated rings. The van der Waals surface area contributed by atoms with Crippen LogP contribution in [0.4, 0.5) is 51.7 Å². The standard InChI is InChI=1S/C32H28ClF2N7O4S.C17H15ClF2N2O.C15H14ClN5O3S/c1-19(43)31-25-13-21(40(2)22-14-36-17-37-15-22)10-11-28(25)41(39-31)18-47(45,46)42-16-20(34)12-29(42)32(44)38-27-9-5-7-24(30(27)35)23-6-3-4-8-26(23)33;18-13-6-2-1-4-11(13)12-5-3-7-14(16(12)20)22-17(23)15-8-10(19)9-21-15;1-10(22)15-13-5-11(20(2)12-6-17-8-18-7-12)3-4-14(13)21(19-15)9-25(16,23)24/h3-11,13-15,17,20,29H,12,16,18H2,1-2H3,(H,38,44);1-7,10,15,21H,8-9H2,(H,22,23);3-8H,9H2,1-2H3/t20-,29+;10-,15+;/m11./s1. The third-order valence-corrected chi connectivity index (χ3v) is 18.6. The van der Waals surface area contributed by atoms with Gasteiger partial charge < -0.3 is 25.8 Å². The van der Waals surface area contributed by atoms with Crippen molar-refractivity contribution in [1.82, 2.24) is 49.1 Å². The van der Waals surface area contributed by atoms with E-state index in [0.29, 0.717) is 59.9 Å². The van der Waals surface area contributed by atoms with Gasteiger partial charge in [-0.25, -0.2) is 63.7 Å². The number of anilines is 6. The molecule has 2 amide bonds. The van der Waals surface area contributed by atoms with Crippen molar-refractivity contribution in [2.75, 3.05) is 47.6 Å². The van der Waals surface area contributed by atoms with Gasteiger partial charge >= 0.3 is 0 Å². The number of carbonyl (C=O) groups is 4. The number of carbonyl (C=O) groups excluding carboxylic acids is 4. The molecule has 6 aromatic carbocycles. The zero-order chi connectivity index (χ0) is 68.0. The number of alkyl halides is 2. The molecule has 22 nitrogen and oxygen atoms in total. The van der Waals surface area contributed by atoms with E-state index in [0.717, 1.165) is 20.4 Å². The molecular formula is C64H57Cl3F4N14O8S2. The Morgan fingerprint density at radius 2 is 1.02 bits per heavy atom. The second-order valence-corrected chi connectivity index (χ2v) is 27.4. The van der Waals surface area contributed by atoms with Crippen molar-refractivity contribution in [2.24, 2.45) is 0 Å². The van der Waals surface area contributed by atoms with Gasteiger partial charge in [0.25, 0.3) is 9.05 Å². The van der Waals surface area contributed by atoms with Gasteiger partial charge in [-0.2, -0.15) is 14.5 Å². The summed E-state index contributed by atoms with van der Waals surface area (Å²) in [4.78, 5) is 69.6. The molecule has 12 rings (SSSR count). The predicted octanol–water partition coefficient (Wildman–Crippen LogP) is 11.7. The van der Waals surface area contributed by atoms with Gasteiger partial charge in [0.05, 0.1) is 64.6 Å². The topological polar surface area (TPSA) is 270 Å². The second-order valence-electron chi connectivity index (χ2n) is 21.9. The van der Waals surface area contributed by atoms with Crippen LogP contribution in [0.5, 0.6) is 0 Å². The number of nitrogens with zero attached hydrogens (tertiary/aromatic N) is 11. The minimum absolute atomic E-state index is 0.0442. The van der Waals surface area contributed by atoms with Crippen molar-refractivity contribution in [3.8, 4) is 22.3 Å². The van der Waals surface area contributed by atoms with Gasteiger partial charge in [0.15, 0.2) is 35.0 Å². The lowest BCUT2D eigenvalue weighted by Crippen LogP contribution is -2.44. The number of sulfonamides is 1. The first-order valence-corrected chi connectivity index (χ1v) is 33.7. The average Bonchev–Trinajstić information content (AvgIpc) is 1.65. The smallest absolute Gasteiger partial charge is 0.252 e. The Labute approximate surface area is 556 Å². The van der Waals surface area contributed by atoms with E-state index >= 15 is 4.39 Å². The van der Waals surface area contributed by atoms with E-state index in [1.165, 1.54) is 55.4 Å². The number of halogens is 7. The molecule has 4 atom stereocenters. The zero-order valence-electron chi connectivity index (χ0n) is 50.7. The number of Topliss-reactive ketones (excluding diaryl/α,β-unsaturated/α-hetero) is 2. The first kappa shape index (κ1) is 68.6. The maximum atomic E-state index is 15.5. The largest absolute Gasteiger partial charge is 0.342 e. The first-order chi connectivity index (χ1) is 45.3. The van der Waals surface area contributed by atoms with E-state index in [9.17, 15) is 49.2 Å². The maximum Gasteiger partial charge on any atom is 0.252 e. The van der Waals surface area contributed by atoms with E-state index in [1.54, 1.807) is 134 Å². The van der Waals surface area contributed by atoms with E-state index in [4.69, 9.17) is 33.9 Å². The molecule has 6 heterocycles. The minimum Gasteiger partial charge on any atom is -0.342 e. The Hall–Kier alpha value is -9.29. The number of fused-ring (bicyclic) bond motifs is 2. The van der Waals surface area contributed by atoms with Crippen LogP contribution in [0.1, 0.15) is 47.7 Å². The van der Waals surface area contributed by atoms with Crippen LogP contribution in [0.3, 0.4) is 0 Å². The van der Waals surface area contributed by atoms with Crippen LogP contribution < -0.4 is 25.8 Å². The van der Waals surface area contributed by atoms with Crippen LogP contribution in [0, 0.1) is 11.6 Å². The number of amides is 2. The number of hydrogen-bond donors (Lipinski definition) is 3. The highest BCUT2D eigenvalue weighted by molar-refractivity contribution is 8.13. The summed E-state index contributed by atoms with van der Waals surface area (Å²) in [6, 6.07) is 30.7. The monoisotopic (exact) mass is 1390 g/mol. The van der Waals surface area contributed by atoms with Crippen molar-refractivity contribution in [3.63, 3.8) is 0 Å². The fraction of sp³-hybridized carbons (Fsp3) is 0.219. The number of rotatable bonds is 17. The molecule has 0 radical (unpaired) electrons. The fourth-order valence-electron chi connectivity index (χ4n) is 10.7. The van der Waals surface area contributed by atoms with Crippen molar-refractivity contribution < 1.29 is 53.6 Å². The predicted molar refractivity (Wildman–Crippen MR) is 356 cm³/mol. The first-order valence-electron chi connectivity index (χ1n) is 28.9. The number of ketones is 2. The molecule has 3 N–H and O–H groups in total. The van der Waals surface area contributed by atoms with Gasteiger partial charge in [0.2, 0.25) is 21.8 Å². The molecule has 31 heteroatoms. The van der Waals surface area contributed by atoms with Crippen LogP contribution in [-0.4, -0.2) is 136 Å². The van der Waals surface area contributed by atoms with Gasteiger partial charge in [-0.15, -0.1) is 0 Å². The molecule has 2 aliphatic rings. The second kappa shape index (κ2) is 29.1. The lowest BCUT2D eigenvalue weighted by Gasteiger charge is -2.23. The summed E-state index contributed by atoms with van der Waals surface area (Å²) in [5.41, 5.74) is 5.20. The average molecular weight is 1400 g/mol. The molecule has 95 heavy (non-hydrogen) atoms. The molecule has 10 aromatic rings. The fourth-order valence-corrected chi connectivity index (χ4v) is 13.6. The SMILES string of the molecule is CC(=O)c1nn(CS(=O)(=O)Cl)c2ccc(N(C)c3cncnc3)cc12.CC(=O)c1nn(CS(=O)(=O)N2C[C@H](F)C[C@H]2C(=O)Nc2cccc(-c3ccccc3Cl)c2F)c2ccc(N(C)c3cncnc3)cc12.O=C(Nc1cccc(-c2ccccc2Cl)c1F)[C@@H]1C[C@@H](F)CN1.